The molecular weight excluding hydrogens is 284 g/mol. The van der Waals surface area contributed by atoms with Crippen LogP contribution in [-0.4, -0.2) is 47.1 Å². The van der Waals surface area contributed by atoms with Crippen molar-refractivity contribution in [2.24, 2.45) is 5.73 Å². The van der Waals surface area contributed by atoms with Crippen LogP contribution in [-0.2, 0) is 16.0 Å². The summed E-state index contributed by atoms with van der Waals surface area (Å²) >= 11 is 0. The standard InChI is InChI=1S/C16H24N2O4/c1-11(2)18(12(3)19)9-14(20)10-22-15-6-4-13(5-7-15)8-16(17)21/h4-7,11,14,20H,8-10H2,1-3H3,(H2,17,21). The Bertz CT molecular complexity index is 499. The highest BCUT2D eigenvalue weighted by molar-refractivity contribution is 5.76. The topological polar surface area (TPSA) is 92.9 Å². The molecule has 0 aliphatic heterocycles. The maximum absolute atomic E-state index is 11.5. The van der Waals surface area contributed by atoms with Crippen molar-refractivity contribution in [2.45, 2.75) is 39.3 Å². The number of aliphatic hydroxyl groups is 1. The van der Waals surface area contributed by atoms with Crippen molar-refractivity contribution in [2.75, 3.05) is 13.2 Å². The number of carbonyl (C=O) groups excluding carboxylic acids is 2. The van der Waals surface area contributed by atoms with Crippen molar-refractivity contribution in [3.8, 4) is 5.75 Å². The van der Waals surface area contributed by atoms with Gasteiger partial charge in [0.05, 0.1) is 13.0 Å². The Morgan fingerprint density at radius 1 is 1.27 bits per heavy atom. The molecule has 22 heavy (non-hydrogen) atoms. The average Bonchev–Trinajstić information content (AvgIpc) is 2.42. The molecular formula is C16H24N2O4. The lowest BCUT2D eigenvalue weighted by Gasteiger charge is -2.27. The second-order valence-corrected chi connectivity index (χ2v) is 5.52. The van der Waals surface area contributed by atoms with Crippen molar-refractivity contribution in [3.63, 3.8) is 0 Å². The first-order valence-corrected chi connectivity index (χ1v) is 7.25. The summed E-state index contributed by atoms with van der Waals surface area (Å²) in [6, 6.07) is 6.97. The van der Waals surface area contributed by atoms with E-state index in [4.69, 9.17) is 10.5 Å². The quantitative estimate of drug-likeness (QED) is 0.740. The highest BCUT2D eigenvalue weighted by Gasteiger charge is 2.17. The van der Waals surface area contributed by atoms with Gasteiger partial charge in [0.15, 0.2) is 0 Å². The van der Waals surface area contributed by atoms with Crippen molar-refractivity contribution < 1.29 is 19.4 Å². The van der Waals surface area contributed by atoms with Gasteiger partial charge in [-0.3, -0.25) is 9.59 Å². The van der Waals surface area contributed by atoms with Crippen LogP contribution in [0, 0.1) is 0 Å². The third kappa shape index (κ3) is 6.13. The van der Waals surface area contributed by atoms with Gasteiger partial charge in [0.1, 0.15) is 18.5 Å². The maximum atomic E-state index is 11.5. The van der Waals surface area contributed by atoms with Gasteiger partial charge in [-0.15, -0.1) is 0 Å². The molecule has 1 atom stereocenters. The Morgan fingerprint density at radius 2 is 1.86 bits per heavy atom. The third-order valence-electron chi connectivity index (χ3n) is 3.18. The second kappa shape index (κ2) is 8.38. The molecule has 2 amide bonds. The largest absolute Gasteiger partial charge is 0.491 e. The molecule has 3 N–H and O–H groups in total. The van der Waals surface area contributed by atoms with Gasteiger partial charge < -0.3 is 20.5 Å². The third-order valence-corrected chi connectivity index (χ3v) is 3.18. The van der Waals surface area contributed by atoms with E-state index in [1.807, 2.05) is 13.8 Å². The molecule has 0 aliphatic carbocycles. The molecule has 0 saturated carbocycles. The van der Waals surface area contributed by atoms with E-state index in [0.29, 0.717) is 5.75 Å². The molecule has 122 valence electrons. The lowest BCUT2D eigenvalue weighted by atomic mass is 10.1. The normalized spacial score (nSPS) is 12.0. The second-order valence-electron chi connectivity index (χ2n) is 5.52. The van der Waals surface area contributed by atoms with E-state index in [-0.39, 0.29) is 37.4 Å². The van der Waals surface area contributed by atoms with Crippen LogP contribution in [0.2, 0.25) is 0 Å². The molecule has 6 heteroatoms. The van der Waals surface area contributed by atoms with Gasteiger partial charge in [-0.05, 0) is 31.5 Å². The van der Waals surface area contributed by atoms with Crippen LogP contribution < -0.4 is 10.5 Å². The number of carbonyl (C=O) groups is 2. The number of amides is 2. The van der Waals surface area contributed by atoms with Gasteiger partial charge in [0.25, 0.3) is 0 Å². The number of benzene rings is 1. The molecule has 0 radical (unpaired) electrons. The van der Waals surface area contributed by atoms with Crippen molar-refractivity contribution in [1.29, 1.82) is 0 Å². The minimum atomic E-state index is -0.767. The summed E-state index contributed by atoms with van der Waals surface area (Å²) in [4.78, 5) is 23.9. The van der Waals surface area contributed by atoms with E-state index >= 15 is 0 Å². The van der Waals surface area contributed by atoms with Crippen LogP contribution >= 0.6 is 0 Å². The molecule has 0 aliphatic rings. The van der Waals surface area contributed by atoms with Gasteiger partial charge in [0, 0.05) is 13.0 Å². The van der Waals surface area contributed by atoms with E-state index in [1.54, 1.807) is 29.2 Å². The molecule has 0 fully saturated rings. The summed E-state index contributed by atoms with van der Waals surface area (Å²) < 4.78 is 5.48. The number of aliphatic hydroxyl groups excluding tert-OH is 1. The highest BCUT2D eigenvalue weighted by Crippen LogP contribution is 2.13. The first kappa shape index (κ1) is 18.0. The number of primary amides is 1. The number of nitrogens with zero attached hydrogens (tertiary/aromatic N) is 1. The molecule has 1 unspecified atom stereocenters. The van der Waals surface area contributed by atoms with Crippen LogP contribution in [0.1, 0.15) is 26.3 Å². The summed E-state index contributed by atoms with van der Waals surface area (Å²) in [5.74, 6) is 0.123. The Hall–Kier alpha value is -2.08. The SMILES string of the molecule is CC(=O)N(CC(O)COc1ccc(CC(N)=O)cc1)C(C)C. The van der Waals surface area contributed by atoms with Crippen LogP contribution in [0.25, 0.3) is 0 Å². The number of rotatable bonds is 8. The fourth-order valence-electron chi connectivity index (χ4n) is 2.08. The fraction of sp³-hybridized carbons (Fsp3) is 0.500. The highest BCUT2D eigenvalue weighted by atomic mass is 16.5. The van der Waals surface area contributed by atoms with E-state index in [0.717, 1.165) is 5.56 Å². The van der Waals surface area contributed by atoms with Crippen LogP contribution in [0.4, 0.5) is 0 Å². The molecule has 0 saturated heterocycles. The number of nitrogens with two attached hydrogens (primary N) is 1. The fourth-order valence-corrected chi connectivity index (χ4v) is 2.08. The number of hydrogen-bond acceptors (Lipinski definition) is 4. The van der Waals surface area contributed by atoms with Crippen LogP contribution in [0.3, 0.4) is 0 Å². The summed E-state index contributed by atoms with van der Waals surface area (Å²) in [5, 5.41) is 9.97. The zero-order valence-corrected chi connectivity index (χ0v) is 13.3. The Balaban J connectivity index is 2.48. The molecule has 0 heterocycles. The van der Waals surface area contributed by atoms with Crippen LogP contribution in [0.15, 0.2) is 24.3 Å². The van der Waals surface area contributed by atoms with Crippen molar-refractivity contribution in [3.05, 3.63) is 29.8 Å². The van der Waals surface area contributed by atoms with Gasteiger partial charge in [-0.25, -0.2) is 0 Å². The van der Waals surface area contributed by atoms with E-state index in [1.165, 1.54) is 6.92 Å². The molecule has 1 aromatic carbocycles. The minimum absolute atomic E-state index is 0.0280. The maximum Gasteiger partial charge on any atom is 0.221 e. The first-order chi connectivity index (χ1) is 10.3. The summed E-state index contributed by atoms with van der Waals surface area (Å²) in [6.45, 7) is 5.59. The number of hydrogen-bond donors (Lipinski definition) is 2. The summed E-state index contributed by atoms with van der Waals surface area (Å²) in [5.41, 5.74) is 5.93. The molecule has 1 rings (SSSR count). The Kier molecular flexibility index (Phi) is 6.85. The summed E-state index contributed by atoms with van der Waals surface area (Å²) in [7, 11) is 0. The Labute approximate surface area is 130 Å². The zero-order chi connectivity index (χ0) is 16.7. The van der Waals surface area contributed by atoms with E-state index < -0.39 is 6.10 Å². The van der Waals surface area contributed by atoms with Gasteiger partial charge in [-0.1, -0.05) is 12.1 Å². The minimum Gasteiger partial charge on any atom is -0.491 e. The van der Waals surface area contributed by atoms with E-state index in [9.17, 15) is 14.7 Å². The molecule has 0 bridgehead atoms. The smallest absolute Gasteiger partial charge is 0.221 e. The van der Waals surface area contributed by atoms with Gasteiger partial charge in [-0.2, -0.15) is 0 Å². The van der Waals surface area contributed by atoms with E-state index in [2.05, 4.69) is 0 Å². The lowest BCUT2D eigenvalue weighted by molar-refractivity contribution is -0.132. The average molecular weight is 308 g/mol. The van der Waals surface area contributed by atoms with Crippen molar-refractivity contribution >= 4 is 11.8 Å². The molecule has 0 spiro atoms. The van der Waals surface area contributed by atoms with Crippen LogP contribution in [0.5, 0.6) is 5.75 Å². The first-order valence-electron chi connectivity index (χ1n) is 7.25. The predicted octanol–water partition coefficient (Wildman–Crippen LogP) is 0.711. The Morgan fingerprint density at radius 3 is 2.32 bits per heavy atom. The molecule has 6 nitrogen and oxygen atoms in total. The van der Waals surface area contributed by atoms with Gasteiger partial charge in [0.2, 0.25) is 11.8 Å². The number of ether oxygens (including phenoxy) is 1. The van der Waals surface area contributed by atoms with Gasteiger partial charge >= 0.3 is 0 Å². The predicted molar refractivity (Wildman–Crippen MR) is 83.4 cm³/mol. The lowest BCUT2D eigenvalue weighted by Crippen LogP contribution is -2.42. The molecule has 0 aromatic heterocycles. The molecule has 1 aromatic rings. The van der Waals surface area contributed by atoms with Crippen molar-refractivity contribution in [1.82, 2.24) is 4.90 Å². The summed E-state index contributed by atoms with van der Waals surface area (Å²) in [6.07, 6.45) is -0.582. The zero-order valence-electron chi connectivity index (χ0n) is 13.3. The monoisotopic (exact) mass is 308 g/mol.